The summed E-state index contributed by atoms with van der Waals surface area (Å²) in [7, 11) is 1.65. The van der Waals surface area contributed by atoms with Gasteiger partial charge < -0.3 is 15.0 Å². The molecule has 1 N–H and O–H groups in total. The molecule has 24 heavy (non-hydrogen) atoms. The first-order valence-corrected chi connectivity index (χ1v) is 9.16. The minimum atomic E-state index is -0.0540. The molecule has 2 fully saturated rings. The third-order valence-electron chi connectivity index (χ3n) is 4.86. The van der Waals surface area contributed by atoms with E-state index in [1.165, 1.54) is 30.8 Å². The van der Waals surface area contributed by atoms with Gasteiger partial charge in [-0.3, -0.25) is 4.79 Å². The van der Waals surface area contributed by atoms with Crippen LogP contribution in [0.4, 0.5) is 0 Å². The molecule has 2 aliphatic heterocycles. The van der Waals surface area contributed by atoms with Crippen molar-refractivity contribution in [3.8, 4) is 16.2 Å². The maximum atomic E-state index is 12.5. The molecule has 3 heterocycles. The summed E-state index contributed by atoms with van der Waals surface area (Å²) in [4.78, 5) is 20.3. The highest BCUT2D eigenvalue weighted by atomic mass is 32.1. The smallest absolute Gasteiger partial charge is 0.280 e. The average Bonchev–Trinajstić information content (AvgIpc) is 3.22. The van der Waals surface area contributed by atoms with Gasteiger partial charge in [0.2, 0.25) is 0 Å². The zero-order valence-corrected chi connectivity index (χ0v) is 14.5. The van der Waals surface area contributed by atoms with Crippen LogP contribution in [-0.4, -0.2) is 48.6 Å². The third-order valence-corrected chi connectivity index (χ3v) is 5.90. The molecule has 0 saturated carbocycles. The standard InChI is InChI=1S/C18H21N3O2S/c1-23-15-4-2-3-13(8-15)16-9-19-18(24-16)17(22)20-14-7-12-5-6-21(10-12)11-14/h2-4,8-9,12,14H,5-7,10-11H2,1H3,(H,20,22)/t12-,14+/m1/s1. The Hall–Kier alpha value is -1.92. The SMILES string of the molecule is COc1cccc(-c2cnc(C(=O)N[C@H]3C[C@H]4CCN(C4)C3)s2)c1. The first-order valence-electron chi connectivity index (χ1n) is 8.35. The largest absolute Gasteiger partial charge is 0.497 e. The van der Waals surface area contributed by atoms with E-state index in [2.05, 4.69) is 15.2 Å². The highest BCUT2D eigenvalue weighted by molar-refractivity contribution is 7.17. The van der Waals surface area contributed by atoms with Crippen molar-refractivity contribution in [2.24, 2.45) is 5.92 Å². The maximum absolute atomic E-state index is 12.5. The van der Waals surface area contributed by atoms with E-state index >= 15 is 0 Å². The Balaban J connectivity index is 1.45. The molecule has 1 aromatic heterocycles. The van der Waals surface area contributed by atoms with Gasteiger partial charge in [-0.25, -0.2) is 4.98 Å². The molecule has 2 aromatic rings. The minimum Gasteiger partial charge on any atom is -0.497 e. The molecule has 5 nitrogen and oxygen atoms in total. The molecule has 126 valence electrons. The second kappa shape index (κ2) is 6.53. The fraction of sp³-hybridized carbons (Fsp3) is 0.444. The quantitative estimate of drug-likeness (QED) is 0.927. The summed E-state index contributed by atoms with van der Waals surface area (Å²) in [6.07, 6.45) is 4.13. The number of methoxy groups -OCH3 is 1. The van der Waals surface area contributed by atoms with E-state index < -0.39 is 0 Å². The Morgan fingerprint density at radius 2 is 2.33 bits per heavy atom. The van der Waals surface area contributed by atoms with E-state index in [0.717, 1.165) is 35.1 Å². The van der Waals surface area contributed by atoms with Gasteiger partial charge in [0.25, 0.3) is 5.91 Å². The number of benzene rings is 1. The van der Waals surface area contributed by atoms with Crippen LogP contribution in [0.1, 0.15) is 22.6 Å². The Morgan fingerprint density at radius 1 is 1.42 bits per heavy atom. The number of amides is 1. The van der Waals surface area contributed by atoms with Gasteiger partial charge in [-0.2, -0.15) is 0 Å². The van der Waals surface area contributed by atoms with Crippen LogP contribution in [0.3, 0.4) is 0 Å². The summed E-state index contributed by atoms with van der Waals surface area (Å²) in [5.74, 6) is 1.49. The number of aromatic nitrogens is 1. The van der Waals surface area contributed by atoms with E-state index in [4.69, 9.17) is 4.74 Å². The summed E-state index contributed by atoms with van der Waals surface area (Å²) in [5, 5.41) is 3.69. The van der Waals surface area contributed by atoms with Crippen LogP contribution in [0.15, 0.2) is 30.5 Å². The van der Waals surface area contributed by atoms with Gasteiger partial charge in [0.1, 0.15) is 5.75 Å². The summed E-state index contributed by atoms with van der Waals surface area (Å²) >= 11 is 1.43. The summed E-state index contributed by atoms with van der Waals surface area (Å²) < 4.78 is 5.26. The number of nitrogens with one attached hydrogen (secondary N) is 1. The number of piperidine rings is 1. The molecule has 0 spiro atoms. The molecular weight excluding hydrogens is 322 g/mol. The summed E-state index contributed by atoms with van der Waals surface area (Å²) in [6, 6.07) is 8.07. The number of nitrogens with zero attached hydrogens (tertiary/aromatic N) is 2. The minimum absolute atomic E-state index is 0.0540. The van der Waals surface area contributed by atoms with Crippen LogP contribution in [-0.2, 0) is 0 Å². The number of ether oxygens (including phenoxy) is 1. The topological polar surface area (TPSA) is 54.5 Å². The van der Waals surface area contributed by atoms with Crippen molar-refractivity contribution < 1.29 is 9.53 Å². The number of rotatable bonds is 4. The lowest BCUT2D eigenvalue weighted by Crippen LogP contribution is -2.46. The molecule has 1 unspecified atom stereocenters. The van der Waals surface area contributed by atoms with Crippen LogP contribution < -0.4 is 10.1 Å². The van der Waals surface area contributed by atoms with Crippen molar-refractivity contribution in [1.82, 2.24) is 15.2 Å². The monoisotopic (exact) mass is 343 g/mol. The Bertz CT molecular complexity index is 733. The maximum Gasteiger partial charge on any atom is 0.280 e. The van der Waals surface area contributed by atoms with Crippen LogP contribution in [0.2, 0.25) is 0 Å². The molecule has 2 saturated heterocycles. The van der Waals surface area contributed by atoms with Crippen LogP contribution in [0, 0.1) is 5.92 Å². The van der Waals surface area contributed by atoms with E-state index in [0.29, 0.717) is 5.01 Å². The van der Waals surface area contributed by atoms with E-state index in [1.807, 2.05) is 24.3 Å². The molecule has 0 aliphatic carbocycles. The highest BCUT2D eigenvalue weighted by Crippen LogP contribution is 2.30. The lowest BCUT2D eigenvalue weighted by Gasteiger charge is -2.30. The molecule has 3 atom stereocenters. The molecule has 1 aromatic carbocycles. The van der Waals surface area contributed by atoms with E-state index in [9.17, 15) is 4.79 Å². The van der Waals surface area contributed by atoms with Crippen molar-refractivity contribution in [1.29, 1.82) is 0 Å². The zero-order valence-electron chi connectivity index (χ0n) is 13.7. The predicted molar refractivity (Wildman–Crippen MR) is 94.5 cm³/mol. The number of carbonyl (C=O) groups is 1. The fourth-order valence-electron chi connectivity index (χ4n) is 3.70. The number of thiazole rings is 1. The lowest BCUT2D eigenvalue weighted by molar-refractivity contribution is 0.0909. The van der Waals surface area contributed by atoms with Crippen LogP contribution >= 0.6 is 11.3 Å². The van der Waals surface area contributed by atoms with Gasteiger partial charge in [0.15, 0.2) is 5.01 Å². The van der Waals surface area contributed by atoms with Gasteiger partial charge in [-0.1, -0.05) is 12.1 Å². The highest BCUT2D eigenvalue weighted by Gasteiger charge is 2.33. The number of carbonyl (C=O) groups excluding carboxylic acids is 1. The Labute approximate surface area is 145 Å². The Kier molecular flexibility index (Phi) is 4.24. The summed E-state index contributed by atoms with van der Waals surface area (Å²) in [6.45, 7) is 3.34. The molecule has 2 aliphatic rings. The van der Waals surface area contributed by atoms with Gasteiger partial charge in [0, 0.05) is 25.3 Å². The molecule has 6 heteroatoms. The number of hydrogen-bond acceptors (Lipinski definition) is 5. The number of hydrogen-bond donors (Lipinski definition) is 1. The van der Waals surface area contributed by atoms with Crippen molar-refractivity contribution >= 4 is 17.2 Å². The second-order valence-corrected chi connectivity index (χ2v) is 7.61. The molecular formula is C18H21N3O2S. The Morgan fingerprint density at radius 3 is 3.17 bits per heavy atom. The molecule has 2 bridgehead atoms. The van der Waals surface area contributed by atoms with Gasteiger partial charge in [-0.15, -0.1) is 11.3 Å². The van der Waals surface area contributed by atoms with Gasteiger partial charge in [-0.05, 0) is 43.0 Å². The fourth-order valence-corrected chi connectivity index (χ4v) is 4.52. The molecule has 4 rings (SSSR count). The zero-order chi connectivity index (χ0) is 16.5. The van der Waals surface area contributed by atoms with E-state index in [-0.39, 0.29) is 11.9 Å². The number of fused-ring (bicyclic) bond motifs is 2. The van der Waals surface area contributed by atoms with E-state index in [1.54, 1.807) is 13.3 Å². The van der Waals surface area contributed by atoms with Gasteiger partial charge >= 0.3 is 0 Å². The van der Waals surface area contributed by atoms with Crippen LogP contribution in [0.25, 0.3) is 10.4 Å². The predicted octanol–water partition coefficient (Wildman–Crippen LogP) is 2.64. The van der Waals surface area contributed by atoms with Crippen molar-refractivity contribution in [2.75, 3.05) is 26.7 Å². The normalized spacial score (nSPS) is 25.5. The second-order valence-electron chi connectivity index (χ2n) is 6.58. The first kappa shape index (κ1) is 15.6. The molecule has 0 radical (unpaired) electrons. The van der Waals surface area contributed by atoms with Crippen molar-refractivity contribution in [3.05, 3.63) is 35.5 Å². The van der Waals surface area contributed by atoms with Crippen molar-refractivity contribution in [2.45, 2.75) is 18.9 Å². The van der Waals surface area contributed by atoms with Crippen LogP contribution in [0.5, 0.6) is 5.75 Å². The third kappa shape index (κ3) is 3.16. The van der Waals surface area contributed by atoms with Gasteiger partial charge in [0.05, 0.1) is 12.0 Å². The van der Waals surface area contributed by atoms with Crippen molar-refractivity contribution in [3.63, 3.8) is 0 Å². The average molecular weight is 343 g/mol. The first-order chi connectivity index (χ1) is 11.7. The molecule has 1 amide bonds. The summed E-state index contributed by atoms with van der Waals surface area (Å²) in [5.41, 5.74) is 1.02. The lowest BCUT2D eigenvalue weighted by atomic mass is 9.97.